The number of hydrogen-bond acceptors (Lipinski definition) is 5. The average molecular weight is 370 g/mol. The van der Waals surface area contributed by atoms with Gasteiger partial charge in [-0.3, -0.25) is 4.79 Å². The van der Waals surface area contributed by atoms with Crippen LogP contribution in [0.2, 0.25) is 0 Å². The van der Waals surface area contributed by atoms with Crippen LogP contribution in [0.25, 0.3) is 0 Å². The Hall–Kier alpha value is -2.87. The molecule has 1 amide bonds. The van der Waals surface area contributed by atoms with E-state index in [0.29, 0.717) is 23.3 Å². The van der Waals surface area contributed by atoms with Crippen molar-refractivity contribution in [1.82, 2.24) is 14.9 Å². The lowest BCUT2D eigenvalue weighted by atomic mass is 10.2. The normalized spacial score (nSPS) is 13.6. The lowest BCUT2D eigenvalue weighted by Gasteiger charge is -2.29. The van der Waals surface area contributed by atoms with E-state index in [9.17, 15) is 9.18 Å². The zero-order chi connectivity index (χ0) is 17.9. The molecule has 0 saturated heterocycles. The van der Waals surface area contributed by atoms with E-state index in [-0.39, 0.29) is 18.3 Å². The van der Waals surface area contributed by atoms with E-state index in [2.05, 4.69) is 10.2 Å². The minimum Gasteiger partial charge on any atom is -0.482 e. The van der Waals surface area contributed by atoms with Crippen molar-refractivity contribution in [2.45, 2.75) is 18.3 Å². The van der Waals surface area contributed by atoms with Gasteiger partial charge in [-0.25, -0.2) is 14.1 Å². The fourth-order valence-corrected chi connectivity index (χ4v) is 3.48. The fourth-order valence-electron chi connectivity index (χ4n) is 2.65. The van der Waals surface area contributed by atoms with Gasteiger partial charge in [-0.15, -0.1) is 10.2 Å². The Labute approximate surface area is 153 Å². The lowest BCUT2D eigenvalue weighted by Crippen LogP contribution is -2.45. The van der Waals surface area contributed by atoms with Gasteiger partial charge in [-0.05, 0) is 17.7 Å². The number of hydrogen-bond donors (Lipinski definition) is 0. The molecule has 0 atom stereocenters. The molecule has 26 heavy (non-hydrogen) atoms. The van der Waals surface area contributed by atoms with Gasteiger partial charge >= 0.3 is 0 Å². The van der Waals surface area contributed by atoms with Crippen molar-refractivity contribution in [2.24, 2.45) is 0 Å². The largest absolute Gasteiger partial charge is 0.482 e. The van der Waals surface area contributed by atoms with Crippen LogP contribution >= 0.6 is 11.8 Å². The van der Waals surface area contributed by atoms with E-state index in [1.165, 1.54) is 17.8 Å². The van der Waals surface area contributed by atoms with Crippen LogP contribution in [-0.4, -0.2) is 26.5 Å². The van der Waals surface area contributed by atoms with Gasteiger partial charge < -0.3 is 4.74 Å². The predicted molar refractivity (Wildman–Crippen MR) is 94.8 cm³/mol. The average Bonchev–Trinajstić information content (AvgIpc) is 3.08. The Morgan fingerprint density at radius 1 is 1.08 bits per heavy atom. The van der Waals surface area contributed by atoms with Gasteiger partial charge in [0.25, 0.3) is 5.91 Å². The molecule has 0 aliphatic carbocycles. The molecule has 2 aromatic carbocycles. The minimum absolute atomic E-state index is 0.00701. The van der Waals surface area contributed by atoms with Gasteiger partial charge in [-0.1, -0.05) is 54.2 Å². The van der Waals surface area contributed by atoms with Crippen molar-refractivity contribution < 1.29 is 13.9 Å². The molecule has 6 nitrogen and oxygen atoms in total. The van der Waals surface area contributed by atoms with E-state index in [1.807, 2.05) is 30.3 Å². The molecule has 0 spiro atoms. The highest BCUT2D eigenvalue weighted by Crippen LogP contribution is 2.25. The summed E-state index contributed by atoms with van der Waals surface area (Å²) in [6.45, 7) is 0.408. The lowest BCUT2D eigenvalue weighted by molar-refractivity contribution is -0.118. The van der Waals surface area contributed by atoms with Crippen molar-refractivity contribution in [3.8, 4) is 5.75 Å². The summed E-state index contributed by atoms with van der Waals surface area (Å²) < 4.78 is 20.9. The summed E-state index contributed by atoms with van der Waals surface area (Å²) in [5, 5.41) is 10.5. The number of ether oxygens (including phenoxy) is 1. The Morgan fingerprint density at radius 3 is 2.65 bits per heavy atom. The van der Waals surface area contributed by atoms with Gasteiger partial charge in [0.2, 0.25) is 5.16 Å². The number of aromatic nitrogens is 3. The summed E-state index contributed by atoms with van der Waals surface area (Å²) >= 11 is 1.33. The molecule has 1 aliphatic rings. The molecular weight excluding hydrogens is 355 g/mol. The maximum atomic E-state index is 13.7. The first kappa shape index (κ1) is 16.6. The van der Waals surface area contributed by atoms with Gasteiger partial charge in [0.1, 0.15) is 6.61 Å². The summed E-state index contributed by atoms with van der Waals surface area (Å²) in [6.07, 6.45) is 0. The van der Waals surface area contributed by atoms with Crippen molar-refractivity contribution >= 4 is 17.7 Å². The van der Waals surface area contributed by atoms with Crippen LogP contribution in [0.3, 0.4) is 0 Å². The number of carbonyl (C=O) groups is 1. The smallest absolute Gasteiger partial charge is 0.252 e. The second-order valence-electron chi connectivity index (χ2n) is 5.66. The maximum absolute atomic E-state index is 13.7. The molecule has 1 aliphatic heterocycles. The SMILES string of the molecule is O=C1CSc2nnc(COc3ccccc3F)n2N1Cc1ccccc1. The van der Waals surface area contributed by atoms with Crippen molar-refractivity contribution in [2.75, 3.05) is 10.8 Å². The third kappa shape index (κ3) is 3.28. The summed E-state index contributed by atoms with van der Waals surface area (Å²) in [6, 6.07) is 15.8. The first-order valence-corrected chi connectivity index (χ1v) is 9.00. The summed E-state index contributed by atoms with van der Waals surface area (Å²) in [5.74, 6) is 0.392. The number of nitrogens with zero attached hydrogens (tertiary/aromatic N) is 4. The molecule has 0 fully saturated rings. The molecule has 0 saturated carbocycles. The number of fused-ring (bicyclic) bond motifs is 1. The summed E-state index contributed by atoms with van der Waals surface area (Å²) in [7, 11) is 0. The molecule has 0 bridgehead atoms. The molecule has 3 aromatic rings. The Kier molecular flexibility index (Phi) is 4.57. The molecule has 132 valence electrons. The molecule has 0 radical (unpaired) electrons. The van der Waals surface area contributed by atoms with Gasteiger partial charge in [0, 0.05) is 0 Å². The molecule has 8 heteroatoms. The molecular formula is C18H15FN4O2S. The molecule has 4 rings (SSSR count). The first-order valence-electron chi connectivity index (χ1n) is 8.01. The number of halogens is 1. The first-order chi connectivity index (χ1) is 12.7. The van der Waals surface area contributed by atoms with Crippen molar-refractivity contribution in [3.63, 3.8) is 0 Å². The van der Waals surface area contributed by atoms with E-state index in [1.54, 1.807) is 27.9 Å². The highest BCUT2D eigenvalue weighted by atomic mass is 32.2. The maximum Gasteiger partial charge on any atom is 0.252 e. The standard InChI is InChI=1S/C18H15FN4O2S/c19-14-8-4-5-9-15(14)25-11-16-20-21-18-23(16)22(17(24)12-26-18)10-13-6-2-1-3-7-13/h1-9H,10-12H2. The number of carbonyl (C=O) groups excluding carboxylic acids is 1. The molecule has 2 heterocycles. The highest BCUT2D eigenvalue weighted by Gasteiger charge is 2.29. The van der Waals surface area contributed by atoms with Crippen LogP contribution in [0, 0.1) is 5.82 Å². The number of benzene rings is 2. The van der Waals surface area contributed by atoms with Crippen LogP contribution in [0.15, 0.2) is 59.8 Å². The van der Waals surface area contributed by atoms with Crippen LogP contribution in [0.1, 0.15) is 11.4 Å². The van der Waals surface area contributed by atoms with E-state index >= 15 is 0 Å². The predicted octanol–water partition coefficient (Wildman–Crippen LogP) is 2.77. The third-order valence-corrected chi connectivity index (χ3v) is 4.80. The number of para-hydroxylation sites is 1. The summed E-state index contributed by atoms with van der Waals surface area (Å²) in [5.41, 5.74) is 0.994. The second kappa shape index (κ2) is 7.17. The second-order valence-corrected chi connectivity index (χ2v) is 6.60. The number of thioether (sulfide) groups is 1. The quantitative estimate of drug-likeness (QED) is 0.691. The zero-order valence-corrected chi connectivity index (χ0v) is 14.5. The van der Waals surface area contributed by atoms with Crippen molar-refractivity contribution in [1.29, 1.82) is 0 Å². The summed E-state index contributed by atoms with van der Waals surface area (Å²) in [4.78, 5) is 12.5. The van der Waals surface area contributed by atoms with E-state index in [0.717, 1.165) is 5.56 Å². The molecule has 0 unspecified atom stereocenters. The van der Waals surface area contributed by atoms with Crippen LogP contribution in [0.4, 0.5) is 4.39 Å². The Bertz CT molecular complexity index is 932. The number of rotatable bonds is 5. The third-order valence-electron chi connectivity index (χ3n) is 3.90. The monoisotopic (exact) mass is 370 g/mol. The highest BCUT2D eigenvalue weighted by molar-refractivity contribution is 7.99. The Morgan fingerprint density at radius 2 is 1.85 bits per heavy atom. The van der Waals surface area contributed by atoms with Gasteiger partial charge in [-0.2, -0.15) is 0 Å². The van der Waals surface area contributed by atoms with Crippen LogP contribution in [0.5, 0.6) is 5.75 Å². The number of amides is 1. The van der Waals surface area contributed by atoms with Gasteiger partial charge in [0.05, 0.1) is 12.3 Å². The fraction of sp³-hybridized carbons (Fsp3) is 0.167. The van der Waals surface area contributed by atoms with Crippen LogP contribution in [-0.2, 0) is 17.9 Å². The minimum atomic E-state index is -0.447. The van der Waals surface area contributed by atoms with E-state index < -0.39 is 5.82 Å². The Balaban J connectivity index is 1.60. The zero-order valence-electron chi connectivity index (χ0n) is 13.7. The topological polar surface area (TPSA) is 60.2 Å². The van der Waals surface area contributed by atoms with Crippen LogP contribution < -0.4 is 9.75 Å². The molecule has 1 aromatic heterocycles. The van der Waals surface area contributed by atoms with Gasteiger partial charge in [0.15, 0.2) is 17.4 Å². The van der Waals surface area contributed by atoms with E-state index in [4.69, 9.17) is 4.74 Å². The molecule has 0 N–H and O–H groups in total. The van der Waals surface area contributed by atoms with Crippen molar-refractivity contribution in [3.05, 3.63) is 71.8 Å².